The zero-order valence-corrected chi connectivity index (χ0v) is 40.2. The molecule has 0 amide bonds. The molecule has 0 radical (unpaired) electrons. The number of rotatable bonds is 6. The van der Waals surface area contributed by atoms with Crippen molar-refractivity contribution in [3.63, 3.8) is 0 Å². The molecule has 0 bridgehead atoms. The molecule has 0 fully saturated rings. The highest BCUT2D eigenvalue weighted by Gasteiger charge is 2.41. The number of aromatic nitrogens is 2. The number of fused-ring (bicyclic) bond motifs is 6. The lowest BCUT2D eigenvalue weighted by Gasteiger charge is -2.20. The topological polar surface area (TPSA) is 57.4 Å². The Labute approximate surface area is 441 Å². The van der Waals surface area contributed by atoms with E-state index in [1.54, 1.807) is 75.9 Å². The van der Waals surface area contributed by atoms with Gasteiger partial charge in [-0.25, -0.2) is 0 Å². The molecule has 80 heavy (non-hydrogen) atoms. The predicted octanol–water partition coefficient (Wildman–Crippen LogP) is 19.4. The number of alkyl halides is 15. The van der Waals surface area contributed by atoms with E-state index in [2.05, 4.69) is 6.07 Å². The van der Waals surface area contributed by atoms with Gasteiger partial charge in [-0.2, -0.15) is 76.4 Å². The summed E-state index contributed by atoms with van der Waals surface area (Å²) in [5.41, 5.74) is -6.85. The van der Waals surface area contributed by atoms with E-state index in [1.165, 1.54) is 66.7 Å². The van der Waals surface area contributed by atoms with E-state index in [1.807, 2.05) is 0 Å². The quantitative estimate of drug-likeness (QED) is 0.156. The first-order chi connectivity index (χ1) is 37.7. The van der Waals surface area contributed by atoms with Crippen LogP contribution in [-0.2, 0) is 30.9 Å². The summed E-state index contributed by atoms with van der Waals surface area (Å²) in [6.07, 6.45) is -25.6. The third-order valence-electron chi connectivity index (χ3n) is 13.9. The first kappa shape index (κ1) is 52.6. The minimum absolute atomic E-state index is 0.0157. The molecular weight excluding hydrogens is 1070 g/mol. The summed E-state index contributed by atoms with van der Waals surface area (Å²) in [5.74, 6) is 0. The smallest absolute Gasteiger partial charge is 0.309 e. The van der Waals surface area contributed by atoms with Gasteiger partial charge in [-0.15, -0.1) is 0 Å². The van der Waals surface area contributed by atoms with Crippen molar-refractivity contribution in [3.8, 4) is 68.0 Å². The van der Waals surface area contributed by atoms with Crippen LogP contribution in [0.4, 0.5) is 65.9 Å². The number of hydrogen-bond donors (Lipinski definition) is 0. The summed E-state index contributed by atoms with van der Waals surface area (Å²) >= 11 is 0. The van der Waals surface area contributed by atoms with Crippen molar-refractivity contribution in [1.82, 2.24) is 9.13 Å². The lowest BCUT2D eigenvalue weighted by atomic mass is 9.91. The van der Waals surface area contributed by atoms with Gasteiger partial charge in [0.1, 0.15) is 0 Å². The predicted molar refractivity (Wildman–Crippen MR) is 271 cm³/mol. The average molecular weight is 1100 g/mol. The third-order valence-corrected chi connectivity index (χ3v) is 13.9. The van der Waals surface area contributed by atoms with Gasteiger partial charge in [0, 0.05) is 38.4 Å². The van der Waals surface area contributed by atoms with Crippen LogP contribution in [0.5, 0.6) is 0 Å². The van der Waals surface area contributed by atoms with Crippen LogP contribution in [-0.4, -0.2) is 9.13 Å². The maximum atomic E-state index is 14.9. The van der Waals surface area contributed by atoms with Crippen molar-refractivity contribution >= 4 is 43.6 Å². The Morgan fingerprint density at radius 2 is 0.750 bits per heavy atom. The van der Waals surface area contributed by atoms with Gasteiger partial charge in [0.05, 0.1) is 78.8 Å². The molecule has 19 heteroatoms. The largest absolute Gasteiger partial charge is 0.417 e. The fourth-order valence-corrected chi connectivity index (χ4v) is 10.4. The number of nitrogens with zero attached hydrogens (tertiary/aromatic N) is 4. The Morgan fingerprint density at radius 3 is 1.24 bits per heavy atom. The molecule has 0 unspecified atom stereocenters. The molecule has 9 aromatic carbocycles. The zero-order chi connectivity index (χ0) is 57.0. The molecule has 0 aliphatic rings. The summed E-state index contributed by atoms with van der Waals surface area (Å²) < 4.78 is 217. The Morgan fingerprint density at radius 1 is 0.312 bits per heavy atom. The van der Waals surface area contributed by atoms with Crippen LogP contribution in [0, 0.1) is 22.7 Å². The molecule has 398 valence electrons. The first-order valence-corrected chi connectivity index (χ1v) is 23.7. The normalized spacial score (nSPS) is 12.7. The molecule has 0 N–H and O–H groups in total. The van der Waals surface area contributed by atoms with Crippen LogP contribution in [0.2, 0.25) is 0 Å². The van der Waals surface area contributed by atoms with Crippen LogP contribution < -0.4 is 0 Å². The van der Waals surface area contributed by atoms with Crippen molar-refractivity contribution in [2.24, 2.45) is 0 Å². The monoisotopic (exact) mass is 1100 g/mol. The van der Waals surface area contributed by atoms with Gasteiger partial charge in [0.2, 0.25) is 0 Å². The van der Waals surface area contributed by atoms with Gasteiger partial charge < -0.3 is 9.13 Å². The number of para-hydroxylation sites is 2. The van der Waals surface area contributed by atoms with E-state index in [0.717, 1.165) is 18.2 Å². The fourth-order valence-electron chi connectivity index (χ4n) is 10.4. The van der Waals surface area contributed by atoms with E-state index in [4.69, 9.17) is 0 Å². The van der Waals surface area contributed by atoms with E-state index < -0.39 is 69.8 Å². The van der Waals surface area contributed by atoms with Crippen molar-refractivity contribution in [1.29, 1.82) is 10.5 Å². The molecule has 0 spiro atoms. The van der Waals surface area contributed by atoms with Crippen LogP contribution >= 0.6 is 0 Å². The lowest BCUT2D eigenvalue weighted by Crippen LogP contribution is -2.12. The number of nitriles is 2. The van der Waals surface area contributed by atoms with Gasteiger partial charge in [0.25, 0.3) is 0 Å². The average Bonchev–Trinajstić information content (AvgIpc) is 3.99. The SMILES string of the molecule is N#Cc1ccc(-c2ccc(-n3c4ccccc4c4cc(-c5ccc(C(F)(F)F)cc5C(F)(F)F)ccc43)c(-c3cc(-n4c5ccccc5c5cc(-c6ccc(C(F)(F)F)cc6C(F)(F)F)ccc54)ccc3C#N)c2)c(C(F)(F)F)c1. The highest BCUT2D eigenvalue weighted by molar-refractivity contribution is 6.12. The molecule has 0 atom stereocenters. The summed E-state index contributed by atoms with van der Waals surface area (Å²) in [7, 11) is 0. The molecular formula is C61H29F15N4. The maximum absolute atomic E-state index is 14.9. The second-order valence-corrected chi connectivity index (χ2v) is 18.6. The summed E-state index contributed by atoms with van der Waals surface area (Å²) in [6, 6.07) is 39.9. The van der Waals surface area contributed by atoms with Gasteiger partial charge in [-0.1, -0.05) is 72.8 Å². The van der Waals surface area contributed by atoms with Gasteiger partial charge in [-0.05, 0) is 137 Å². The highest BCUT2D eigenvalue weighted by Crippen LogP contribution is 2.48. The molecule has 0 aliphatic carbocycles. The van der Waals surface area contributed by atoms with Crippen LogP contribution in [0.15, 0.2) is 176 Å². The van der Waals surface area contributed by atoms with E-state index >= 15 is 0 Å². The summed E-state index contributed by atoms with van der Waals surface area (Å²) in [5, 5.41) is 22.0. The third kappa shape index (κ3) is 9.07. The van der Waals surface area contributed by atoms with Crippen molar-refractivity contribution < 1.29 is 65.9 Å². The van der Waals surface area contributed by atoms with Crippen LogP contribution in [0.3, 0.4) is 0 Å². The maximum Gasteiger partial charge on any atom is 0.417 e. The lowest BCUT2D eigenvalue weighted by molar-refractivity contribution is -0.144. The Balaban J connectivity index is 1.16. The van der Waals surface area contributed by atoms with Crippen molar-refractivity contribution in [3.05, 3.63) is 215 Å². The minimum atomic E-state index is -5.22. The zero-order valence-electron chi connectivity index (χ0n) is 40.2. The molecule has 2 aromatic heterocycles. The van der Waals surface area contributed by atoms with E-state index in [-0.39, 0.29) is 62.3 Å². The standard InChI is InChI=1S/C61H29F15N4/c62-57(63,64)37-14-18-41(50(27-37)60(71,72)73)33-11-20-54-46(24-33)43-5-1-3-7-52(43)79(54)39-16-10-36(31-78)45(29-39)48-26-35(40-17-9-32(30-77)23-49(40)59(68,69)70)13-22-56(48)80-53-8-4-2-6-44(53)47-25-34(12-21-55(47)80)42-19-15-38(58(65,66)67)28-51(42)61(74,75)76/h1-29H. The Kier molecular flexibility index (Phi) is 12.2. The van der Waals surface area contributed by atoms with Crippen molar-refractivity contribution in [2.45, 2.75) is 30.9 Å². The first-order valence-electron chi connectivity index (χ1n) is 23.7. The second-order valence-electron chi connectivity index (χ2n) is 18.6. The minimum Gasteiger partial charge on any atom is -0.309 e. The van der Waals surface area contributed by atoms with Gasteiger partial charge in [-0.3, -0.25) is 0 Å². The highest BCUT2D eigenvalue weighted by atomic mass is 19.4. The molecule has 0 saturated heterocycles. The van der Waals surface area contributed by atoms with Crippen molar-refractivity contribution in [2.75, 3.05) is 0 Å². The van der Waals surface area contributed by atoms with E-state index in [9.17, 15) is 76.4 Å². The Hall–Kier alpha value is -9.49. The molecule has 0 saturated carbocycles. The Bertz CT molecular complexity index is 4440. The van der Waals surface area contributed by atoms with Gasteiger partial charge >= 0.3 is 30.9 Å². The van der Waals surface area contributed by atoms with E-state index in [0.29, 0.717) is 67.5 Å². The summed E-state index contributed by atoms with van der Waals surface area (Å²) in [4.78, 5) is 0. The van der Waals surface area contributed by atoms with Gasteiger partial charge in [0.15, 0.2) is 0 Å². The number of benzene rings is 9. The number of hydrogen-bond acceptors (Lipinski definition) is 2. The molecule has 4 nitrogen and oxygen atoms in total. The van der Waals surface area contributed by atoms with Crippen LogP contribution in [0.1, 0.15) is 38.9 Å². The fraction of sp³-hybridized carbons (Fsp3) is 0.0820. The number of halogens is 15. The second kappa shape index (κ2) is 18.6. The molecule has 11 aromatic rings. The molecule has 2 heterocycles. The molecule has 11 rings (SSSR count). The summed E-state index contributed by atoms with van der Waals surface area (Å²) in [6.45, 7) is 0. The van der Waals surface area contributed by atoms with Crippen LogP contribution in [0.25, 0.3) is 99.5 Å². The molecule has 0 aliphatic heterocycles.